The molecule has 7 fully saturated rings. The molecule has 4 aromatic heterocycles. The van der Waals surface area contributed by atoms with Crippen molar-refractivity contribution in [3.63, 3.8) is 0 Å². The molecule has 2 unspecified atom stereocenters. The van der Waals surface area contributed by atoms with Crippen LogP contribution in [-0.2, 0) is 30.3 Å². The van der Waals surface area contributed by atoms with E-state index in [-0.39, 0.29) is 47.4 Å². The van der Waals surface area contributed by atoms with E-state index in [0.717, 1.165) is 196 Å². The third-order valence-electron chi connectivity index (χ3n) is 19.2. The molecule has 2 atom stereocenters. The molecule has 0 bridgehead atoms. The maximum absolute atomic E-state index is 12.7. The Labute approximate surface area is 533 Å². The summed E-state index contributed by atoms with van der Waals surface area (Å²) in [5.74, 6) is 0.224. The van der Waals surface area contributed by atoms with Gasteiger partial charge < -0.3 is 33.6 Å². The van der Waals surface area contributed by atoms with Crippen LogP contribution in [0.3, 0.4) is 0 Å². The molecular formula is C67H82BrCl2N11O7. The van der Waals surface area contributed by atoms with Crippen molar-refractivity contribution in [1.82, 2.24) is 53.8 Å². The molecule has 3 aromatic carbocycles. The van der Waals surface area contributed by atoms with Gasteiger partial charge >= 0.3 is 12.2 Å². The molecule has 2 spiro atoms. The second-order valence-corrected chi connectivity index (χ2v) is 29.8. The summed E-state index contributed by atoms with van der Waals surface area (Å²) in [6.07, 6.45) is 15.0. The van der Waals surface area contributed by atoms with Gasteiger partial charge in [-0.05, 0) is 185 Å². The number of rotatable bonds is 9. The van der Waals surface area contributed by atoms with E-state index >= 15 is 0 Å². The second kappa shape index (κ2) is 23.0. The van der Waals surface area contributed by atoms with Crippen molar-refractivity contribution in [2.45, 2.75) is 189 Å². The van der Waals surface area contributed by atoms with E-state index in [2.05, 4.69) is 82.5 Å². The second-order valence-electron chi connectivity index (χ2n) is 28.3. The van der Waals surface area contributed by atoms with E-state index < -0.39 is 11.2 Å². The number of ether oxygens (including phenoxy) is 4. The normalized spacial score (nSPS) is 21.8. The van der Waals surface area contributed by atoms with Crippen LogP contribution in [0, 0.1) is 38.5 Å². The first kappa shape index (κ1) is 60.9. The van der Waals surface area contributed by atoms with Crippen LogP contribution >= 0.6 is 39.1 Å². The van der Waals surface area contributed by atoms with E-state index in [1.807, 2.05) is 84.9 Å². The highest BCUT2D eigenvalue weighted by Gasteiger charge is 2.57. The van der Waals surface area contributed by atoms with E-state index in [1.54, 1.807) is 0 Å². The number of nitrogens with zero attached hydrogens (tertiary/aromatic N) is 11. The fourth-order valence-electron chi connectivity index (χ4n) is 14.9. The minimum absolute atomic E-state index is 0.0455. The monoisotopic (exact) mass is 1300 g/mol. The van der Waals surface area contributed by atoms with Gasteiger partial charge in [0.25, 0.3) is 0 Å². The first-order valence-electron chi connectivity index (χ1n) is 31.6. The highest BCUT2D eigenvalue weighted by atomic mass is 79.9. The van der Waals surface area contributed by atoms with Crippen molar-refractivity contribution in [2.75, 3.05) is 45.9 Å². The van der Waals surface area contributed by atoms with Crippen molar-refractivity contribution in [1.29, 1.82) is 0 Å². The molecule has 88 heavy (non-hydrogen) atoms. The average molecular weight is 1300 g/mol. The molecule has 9 heterocycles. The Balaban J connectivity index is 0.000000169. The molecule has 2 aliphatic carbocycles. The zero-order valence-corrected chi connectivity index (χ0v) is 55.6. The van der Waals surface area contributed by atoms with Gasteiger partial charge in [-0.25, -0.2) is 19.0 Å². The van der Waals surface area contributed by atoms with Crippen molar-refractivity contribution < 1.29 is 33.3 Å². The molecule has 0 radical (unpaired) electrons. The van der Waals surface area contributed by atoms with Gasteiger partial charge in [0.05, 0.1) is 45.6 Å². The molecule has 21 heteroatoms. The topological polar surface area (TPSA) is 169 Å². The maximum Gasteiger partial charge on any atom is 0.410 e. The first-order valence-corrected chi connectivity index (χ1v) is 33.1. The lowest BCUT2D eigenvalue weighted by Crippen LogP contribution is -2.64. The lowest BCUT2D eigenvalue weighted by atomic mass is 9.60. The van der Waals surface area contributed by atoms with Gasteiger partial charge in [0.1, 0.15) is 21.5 Å². The molecule has 0 N–H and O–H groups in total. The number of benzene rings is 3. The predicted octanol–water partition coefficient (Wildman–Crippen LogP) is 15.4. The molecule has 5 saturated heterocycles. The summed E-state index contributed by atoms with van der Waals surface area (Å²) in [6, 6.07) is 13.2. The van der Waals surface area contributed by atoms with Gasteiger partial charge in [0, 0.05) is 120 Å². The van der Waals surface area contributed by atoms with Crippen LogP contribution in [0.4, 0.5) is 9.59 Å². The number of carbonyl (C=O) groups excluding carboxylic acids is 3. The Morgan fingerprint density at radius 2 is 1.10 bits per heavy atom. The smallest absolute Gasteiger partial charge is 0.410 e. The molecule has 7 aliphatic rings. The summed E-state index contributed by atoms with van der Waals surface area (Å²) in [5, 5.41) is 23.3. The number of halogens is 3. The number of amides is 3. The Morgan fingerprint density at radius 3 is 1.55 bits per heavy atom. The van der Waals surface area contributed by atoms with Crippen molar-refractivity contribution in [2.24, 2.45) is 10.8 Å². The average Bonchev–Trinajstić information content (AvgIpc) is 1.50. The van der Waals surface area contributed by atoms with Crippen molar-refractivity contribution >= 4 is 79.0 Å². The quantitative estimate of drug-likeness (QED) is 0.135. The molecular weight excluding hydrogens is 1220 g/mol. The summed E-state index contributed by atoms with van der Waals surface area (Å²) >= 11 is 18.0. The first-order chi connectivity index (χ1) is 41.9. The van der Waals surface area contributed by atoms with Crippen LogP contribution in [0.5, 0.6) is 0 Å². The minimum atomic E-state index is -0.507. The van der Waals surface area contributed by atoms with Crippen LogP contribution in [-0.4, -0.2) is 129 Å². The van der Waals surface area contributed by atoms with Crippen LogP contribution in [0.2, 0.25) is 10.0 Å². The van der Waals surface area contributed by atoms with Crippen molar-refractivity contribution in [3.8, 4) is 33.5 Å². The number of fused-ring (bicyclic) bond motifs is 2. The van der Waals surface area contributed by atoms with Crippen LogP contribution < -0.4 is 0 Å². The van der Waals surface area contributed by atoms with Gasteiger partial charge in [-0.15, -0.1) is 0 Å². The Hall–Kier alpha value is -5.99. The Kier molecular flexibility index (Phi) is 15.9. The summed E-state index contributed by atoms with van der Waals surface area (Å²) in [6.45, 7) is 25.6. The fourth-order valence-corrected chi connectivity index (χ4v) is 16.1. The number of carbonyl (C=O) groups is 3. The summed E-state index contributed by atoms with van der Waals surface area (Å²) in [5.41, 5.74) is 12.4. The van der Waals surface area contributed by atoms with E-state index in [0.29, 0.717) is 37.1 Å². The molecule has 468 valence electrons. The molecule has 18 nitrogen and oxygen atoms in total. The lowest BCUT2D eigenvalue weighted by molar-refractivity contribution is -0.128. The zero-order valence-electron chi connectivity index (χ0n) is 52.5. The fraction of sp³-hybridized carbons (Fsp3) is 0.567. The standard InChI is InChI=1S/C39H47ClN6O4.C28H35BrClN5O3/c1-24-17-30-29(20-41-46(30)32-10-6-7-16-49-32)34(35(24)40)33-25(2)45(28-18-39(19-28)22-44(23-39)37(48)50-38(3,4)5)42-36(33)27-13-11-26(12-14-27)21-43-15-8-9-31(43)47;1-16-10-20-19(13-31-35(20)21-8-6-7-9-37-21)23(24(16)30)22-17(2)34(32-25(22)29)18-11-28(12-18)14-33(15-28)26(36)38-27(3,4)5/h11-14,17,20,28,32H,6-10,15-16,18-19,21-23H2,1-5H3;10,13,18,21H,6-9,11-12,14-15H2,1-5H3. The maximum atomic E-state index is 12.7. The molecule has 2 saturated carbocycles. The zero-order chi connectivity index (χ0) is 61.9. The van der Waals surface area contributed by atoms with Gasteiger partial charge in [-0.2, -0.15) is 20.4 Å². The SMILES string of the molecule is Cc1cc2c(cnn2C2CCCCO2)c(-c2c(-c3ccc(CN4CCCC4=O)cc3)nn(C3CC4(C3)CN(C(=O)OC(C)(C)C)C4)c2C)c1Cl.Cc1cc2c(cnn2C2CCCCO2)c(-c2c(Br)nn(C3CC4(C3)CN(C(=O)OC(C)(C)C)C4)c2C)c1Cl. The number of aromatic nitrogens is 8. The summed E-state index contributed by atoms with van der Waals surface area (Å²) in [4.78, 5) is 43.0. The number of hydrogen-bond acceptors (Lipinski definition) is 11. The summed E-state index contributed by atoms with van der Waals surface area (Å²) in [7, 11) is 0. The minimum Gasteiger partial charge on any atom is -0.444 e. The molecule has 14 rings (SSSR count). The Morgan fingerprint density at radius 1 is 0.636 bits per heavy atom. The van der Waals surface area contributed by atoms with Crippen molar-refractivity contribution in [3.05, 3.63) is 91.5 Å². The Bertz CT molecular complexity index is 3850. The lowest BCUT2D eigenvalue weighted by Gasteiger charge is -2.58. The highest BCUT2D eigenvalue weighted by Crippen LogP contribution is 2.57. The number of hydrogen-bond donors (Lipinski definition) is 0. The van der Waals surface area contributed by atoms with Gasteiger partial charge in [-0.1, -0.05) is 47.5 Å². The number of likely N-dealkylation sites (tertiary alicyclic amines) is 3. The number of aryl methyl sites for hydroxylation is 2. The highest BCUT2D eigenvalue weighted by molar-refractivity contribution is 9.10. The van der Waals surface area contributed by atoms with Gasteiger partial charge in [0.2, 0.25) is 5.91 Å². The van der Waals surface area contributed by atoms with E-state index in [4.69, 9.17) is 62.5 Å². The third kappa shape index (κ3) is 11.3. The molecule has 7 aromatic rings. The predicted molar refractivity (Wildman–Crippen MR) is 343 cm³/mol. The van der Waals surface area contributed by atoms with Crippen LogP contribution in [0.25, 0.3) is 55.3 Å². The van der Waals surface area contributed by atoms with Crippen LogP contribution in [0.15, 0.2) is 53.4 Å². The van der Waals surface area contributed by atoms with Gasteiger partial charge in [-0.3, -0.25) is 14.2 Å². The summed E-state index contributed by atoms with van der Waals surface area (Å²) < 4.78 is 32.5. The third-order valence-corrected chi connectivity index (χ3v) is 20.7. The van der Waals surface area contributed by atoms with Gasteiger partial charge in [0.15, 0.2) is 12.5 Å². The molecule has 3 amide bonds. The van der Waals surface area contributed by atoms with Crippen LogP contribution in [0.1, 0.15) is 171 Å². The van der Waals surface area contributed by atoms with E-state index in [1.165, 1.54) is 0 Å². The van der Waals surface area contributed by atoms with E-state index in [9.17, 15) is 14.4 Å². The largest absolute Gasteiger partial charge is 0.444 e. The molecule has 5 aliphatic heterocycles.